The molecule has 2 N–H and O–H groups in total. The van der Waals surface area contributed by atoms with Gasteiger partial charge in [0.1, 0.15) is 0 Å². The lowest BCUT2D eigenvalue weighted by Gasteiger charge is -1.92. The number of carboxylic acid groups (broad SMARTS) is 1. The van der Waals surface area contributed by atoms with Crippen LogP contribution in [0.15, 0.2) is 24.3 Å². The van der Waals surface area contributed by atoms with E-state index >= 15 is 0 Å². The van der Waals surface area contributed by atoms with Gasteiger partial charge in [-0.3, -0.25) is 4.79 Å². The first-order valence-corrected chi connectivity index (χ1v) is 5.40. The van der Waals surface area contributed by atoms with Gasteiger partial charge in [-0.05, 0) is 32.1 Å². The van der Waals surface area contributed by atoms with Crippen molar-refractivity contribution in [3.05, 3.63) is 24.3 Å². The minimum absolute atomic E-state index is 0.204. The van der Waals surface area contributed by atoms with Gasteiger partial charge in [0.2, 0.25) is 0 Å². The van der Waals surface area contributed by atoms with Crippen LogP contribution >= 0.6 is 0 Å². The lowest BCUT2D eigenvalue weighted by Crippen LogP contribution is -1.92. The Morgan fingerprint density at radius 2 is 1.67 bits per heavy atom. The van der Waals surface area contributed by atoms with Gasteiger partial charge in [-0.25, -0.2) is 0 Å². The summed E-state index contributed by atoms with van der Waals surface area (Å²) in [6.45, 7) is 0.204. The van der Waals surface area contributed by atoms with Crippen LogP contribution in [-0.4, -0.2) is 22.8 Å². The van der Waals surface area contributed by atoms with Crippen LogP contribution in [0, 0.1) is 0 Å². The minimum atomic E-state index is -0.717. The number of hydrogen-bond acceptors (Lipinski definition) is 2. The van der Waals surface area contributed by atoms with Crippen LogP contribution in [0.5, 0.6) is 0 Å². The Bertz CT molecular complexity index is 207. The first-order valence-electron chi connectivity index (χ1n) is 5.40. The second-order valence-corrected chi connectivity index (χ2v) is 3.33. The molecule has 0 rings (SSSR count). The van der Waals surface area contributed by atoms with Gasteiger partial charge in [0.05, 0.1) is 0 Å². The first-order chi connectivity index (χ1) is 7.27. The Labute approximate surface area is 91.1 Å². The standard InChI is InChI=1S/C12H20O3/c13-11-9-7-5-3-1-2-4-6-8-10-12(14)15/h1-2,5,7,13H,3-4,6,8-11H2,(H,14,15). The number of carboxylic acids is 1. The fourth-order valence-corrected chi connectivity index (χ4v) is 1.12. The molecule has 0 aromatic rings. The summed E-state index contributed by atoms with van der Waals surface area (Å²) < 4.78 is 0. The summed E-state index contributed by atoms with van der Waals surface area (Å²) in [4.78, 5) is 10.2. The van der Waals surface area contributed by atoms with Crippen LogP contribution in [0.2, 0.25) is 0 Å². The van der Waals surface area contributed by atoms with Gasteiger partial charge in [0, 0.05) is 13.0 Å². The SMILES string of the molecule is O=C(O)CCCCC=CCC=CCCO. The summed E-state index contributed by atoms with van der Waals surface area (Å²) in [5.41, 5.74) is 0. The van der Waals surface area contributed by atoms with Gasteiger partial charge < -0.3 is 10.2 Å². The topological polar surface area (TPSA) is 57.5 Å². The van der Waals surface area contributed by atoms with E-state index in [0.29, 0.717) is 6.42 Å². The van der Waals surface area contributed by atoms with Crippen LogP contribution in [0.25, 0.3) is 0 Å². The third kappa shape index (κ3) is 12.9. The van der Waals surface area contributed by atoms with Crippen molar-refractivity contribution >= 4 is 5.97 Å². The molecule has 0 aliphatic carbocycles. The summed E-state index contributed by atoms with van der Waals surface area (Å²) >= 11 is 0. The average molecular weight is 212 g/mol. The van der Waals surface area contributed by atoms with E-state index < -0.39 is 5.97 Å². The molecule has 0 heterocycles. The molecule has 3 nitrogen and oxygen atoms in total. The molecule has 0 aromatic carbocycles. The van der Waals surface area contributed by atoms with Crippen molar-refractivity contribution in [3.63, 3.8) is 0 Å². The third-order valence-corrected chi connectivity index (χ3v) is 1.91. The normalized spacial score (nSPS) is 11.5. The summed E-state index contributed by atoms with van der Waals surface area (Å²) in [5.74, 6) is -0.717. The maximum absolute atomic E-state index is 10.2. The van der Waals surface area contributed by atoms with Crippen LogP contribution in [0.4, 0.5) is 0 Å². The van der Waals surface area contributed by atoms with E-state index in [0.717, 1.165) is 25.7 Å². The van der Waals surface area contributed by atoms with Crippen LogP contribution < -0.4 is 0 Å². The highest BCUT2D eigenvalue weighted by molar-refractivity contribution is 5.66. The minimum Gasteiger partial charge on any atom is -0.481 e. The van der Waals surface area contributed by atoms with E-state index in [9.17, 15) is 4.79 Å². The largest absolute Gasteiger partial charge is 0.481 e. The lowest BCUT2D eigenvalue weighted by molar-refractivity contribution is -0.137. The number of carbonyl (C=O) groups is 1. The van der Waals surface area contributed by atoms with Gasteiger partial charge >= 0.3 is 5.97 Å². The molecule has 0 bridgehead atoms. The molecule has 0 saturated carbocycles. The second kappa shape index (κ2) is 11.0. The van der Waals surface area contributed by atoms with Gasteiger partial charge in [0.25, 0.3) is 0 Å². The first kappa shape index (κ1) is 13.9. The quantitative estimate of drug-likeness (QED) is 0.456. The smallest absolute Gasteiger partial charge is 0.303 e. The summed E-state index contributed by atoms with van der Waals surface area (Å²) in [7, 11) is 0. The second-order valence-electron chi connectivity index (χ2n) is 3.33. The molecule has 15 heavy (non-hydrogen) atoms. The number of unbranched alkanes of at least 4 members (excludes halogenated alkanes) is 2. The molecule has 0 radical (unpaired) electrons. The number of aliphatic hydroxyl groups excluding tert-OH is 1. The predicted octanol–water partition coefficient (Wildman–Crippen LogP) is 2.52. The van der Waals surface area contributed by atoms with E-state index in [1.54, 1.807) is 0 Å². The summed E-state index contributed by atoms with van der Waals surface area (Å²) in [5, 5.41) is 16.9. The number of aliphatic hydroxyl groups is 1. The number of rotatable bonds is 9. The molecule has 0 fully saturated rings. The zero-order valence-corrected chi connectivity index (χ0v) is 9.06. The monoisotopic (exact) mass is 212 g/mol. The van der Waals surface area contributed by atoms with Gasteiger partial charge in [-0.1, -0.05) is 24.3 Å². The molecule has 3 heteroatoms. The van der Waals surface area contributed by atoms with Crippen molar-refractivity contribution in [2.45, 2.75) is 38.5 Å². The highest BCUT2D eigenvalue weighted by atomic mass is 16.4. The summed E-state index contributed by atoms with van der Waals surface area (Å²) in [6, 6.07) is 0. The highest BCUT2D eigenvalue weighted by Gasteiger charge is 1.93. The third-order valence-electron chi connectivity index (χ3n) is 1.91. The summed E-state index contributed by atoms with van der Waals surface area (Å²) in [6.07, 6.45) is 12.6. The maximum atomic E-state index is 10.2. The van der Waals surface area contributed by atoms with Gasteiger partial charge in [-0.2, -0.15) is 0 Å². The predicted molar refractivity (Wildman–Crippen MR) is 60.7 cm³/mol. The zero-order valence-electron chi connectivity index (χ0n) is 9.06. The molecule has 86 valence electrons. The van der Waals surface area contributed by atoms with Crippen LogP contribution in [0.3, 0.4) is 0 Å². The Balaban J connectivity index is 3.20. The molecule has 0 unspecified atom stereocenters. The molecule has 0 amide bonds. The molecule has 0 spiro atoms. The van der Waals surface area contributed by atoms with Crippen molar-refractivity contribution in [2.24, 2.45) is 0 Å². The Hall–Kier alpha value is -1.09. The van der Waals surface area contributed by atoms with E-state index in [-0.39, 0.29) is 13.0 Å². The molecular formula is C12H20O3. The number of allylic oxidation sites excluding steroid dienone is 3. The van der Waals surface area contributed by atoms with E-state index in [2.05, 4.69) is 12.2 Å². The lowest BCUT2D eigenvalue weighted by atomic mass is 10.2. The number of hydrogen-bond donors (Lipinski definition) is 2. The highest BCUT2D eigenvalue weighted by Crippen LogP contribution is 2.01. The molecule has 0 aliphatic heterocycles. The van der Waals surface area contributed by atoms with Crippen molar-refractivity contribution in [2.75, 3.05) is 6.61 Å². The van der Waals surface area contributed by atoms with Crippen molar-refractivity contribution in [1.82, 2.24) is 0 Å². The van der Waals surface area contributed by atoms with Crippen molar-refractivity contribution in [3.8, 4) is 0 Å². The van der Waals surface area contributed by atoms with E-state index in [1.807, 2.05) is 12.2 Å². The van der Waals surface area contributed by atoms with Gasteiger partial charge in [-0.15, -0.1) is 0 Å². The molecule has 0 saturated heterocycles. The van der Waals surface area contributed by atoms with Crippen molar-refractivity contribution in [1.29, 1.82) is 0 Å². The number of aliphatic carboxylic acids is 1. The molecular weight excluding hydrogens is 192 g/mol. The molecule has 0 atom stereocenters. The van der Waals surface area contributed by atoms with Crippen LogP contribution in [0.1, 0.15) is 38.5 Å². The van der Waals surface area contributed by atoms with Crippen molar-refractivity contribution < 1.29 is 15.0 Å². The van der Waals surface area contributed by atoms with Crippen LogP contribution in [-0.2, 0) is 4.79 Å². The Kier molecular flexibility index (Phi) is 10.2. The fourth-order valence-electron chi connectivity index (χ4n) is 1.12. The fraction of sp³-hybridized carbons (Fsp3) is 0.583. The molecule has 0 aromatic heterocycles. The van der Waals surface area contributed by atoms with Gasteiger partial charge in [0.15, 0.2) is 0 Å². The Morgan fingerprint density at radius 3 is 2.27 bits per heavy atom. The Morgan fingerprint density at radius 1 is 1.00 bits per heavy atom. The average Bonchev–Trinajstić information content (AvgIpc) is 2.20. The zero-order chi connectivity index (χ0) is 11.4. The van der Waals surface area contributed by atoms with E-state index in [4.69, 9.17) is 10.2 Å². The van der Waals surface area contributed by atoms with E-state index in [1.165, 1.54) is 0 Å². The molecule has 0 aliphatic rings. The maximum Gasteiger partial charge on any atom is 0.303 e.